The zero-order valence-corrected chi connectivity index (χ0v) is 15.0. The van der Waals surface area contributed by atoms with E-state index in [0.29, 0.717) is 12.2 Å². The van der Waals surface area contributed by atoms with Gasteiger partial charge in [0.1, 0.15) is 5.75 Å². The summed E-state index contributed by atoms with van der Waals surface area (Å²) >= 11 is 0. The Labute approximate surface area is 146 Å². The number of nitrogens with one attached hydrogen (secondary N) is 1. The first-order valence-corrected chi connectivity index (χ1v) is 9.60. The molecule has 0 saturated carbocycles. The average molecular weight is 367 g/mol. The number of imide groups is 1. The second-order valence-electron chi connectivity index (χ2n) is 6.37. The highest BCUT2D eigenvalue weighted by atomic mass is 32.2. The third kappa shape index (κ3) is 3.47. The van der Waals surface area contributed by atoms with Crippen molar-refractivity contribution in [1.29, 1.82) is 0 Å². The van der Waals surface area contributed by atoms with Crippen LogP contribution >= 0.6 is 0 Å². The lowest BCUT2D eigenvalue weighted by molar-refractivity contribution is -0.126. The highest BCUT2D eigenvalue weighted by Gasteiger charge is 2.41. The molecule has 0 bridgehead atoms. The summed E-state index contributed by atoms with van der Waals surface area (Å²) < 4.78 is 32.4. The molecule has 3 amide bonds. The van der Waals surface area contributed by atoms with Gasteiger partial charge in [0.15, 0.2) is 0 Å². The van der Waals surface area contributed by atoms with Crippen LogP contribution in [0.2, 0.25) is 0 Å². The van der Waals surface area contributed by atoms with Crippen molar-refractivity contribution in [2.45, 2.75) is 37.3 Å². The molecule has 0 radical (unpaired) electrons. The van der Waals surface area contributed by atoms with E-state index in [1.54, 1.807) is 12.1 Å². The summed E-state index contributed by atoms with van der Waals surface area (Å²) in [4.78, 5) is 24.8. The summed E-state index contributed by atoms with van der Waals surface area (Å²) in [5.74, 6) is 0.289. The molecule has 2 heterocycles. The van der Waals surface area contributed by atoms with Gasteiger partial charge in [0.05, 0.1) is 23.6 Å². The van der Waals surface area contributed by atoms with Gasteiger partial charge in [-0.3, -0.25) is 9.69 Å². The van der Waals surface area contributed by atoms with Gasteiger partial charge in [-0.15, -0.1) is 0 Å². The van der Waals surface area contributed by atoms with Gasteiger partial charge in [0.2, 0.25) is 15.9 Å². The van der Waals surface area contributed by atoms with Gasteiger partial charge in [0.25, 0.3) is 0 Å². The van der Waals surface area contributed by atoms with E-state index in [9.17, 15) is 18.0 Å². The molecule has 2 fully saturated rings. The molecule has 1 N–H and O–H groups in total. The SMILES string of the molecule is CC(C)Oc1ccc(S(=O)(=O)N2CCC(N3C(=O)CNC3=O)C2)cc1. The smallest absolute Gasteiger partial charge is 0.324 e. The number of carbonyl (C=O) groups excluding carboxylic acids is 2. The van der Waals surface area contributed by atoms with Crippen molar-refractivity contribution in [2.24, 2.45) is 0 Å². The van der Waals surface area contributed by atoms with Crippen LogP contribution in [0.1, 0.15) is 20.3 Å². The Balaban J connectivity index is 1.73. The number of urea groups is 1. The van der Waals surface area contributed by atoms with E-state index in [4.69, 9.17) is 4.74 Å². The van der Waals surface area contributed by atoms with E-state index >= 15 is 0 Å². The molecule has 1 unspecified atom stereocenters. The van der Waals surface area contributed by atoms with Gasteiger partial charge in [-0.25, -0.2) is 13.2 Å². The molecule has 2 aliphatic rings. The minimum atomic E-state index is -3.67. The summed E-state index contributed by atoms with van der Waals surface area (Å²) in [5.41, 5.74) is 0. The van der Waals surface area contributed by atoms with Crippen LogP contribution in [-0.2, 0) is 14.8 Å². The lowest BCUT2D eigenvalue weighted by Gasteiger charge is -2.21. The molecule has 25 heavy (non-hydrogen) atoms. The number of sulfonamides is 1. The Hall–Kier alpha value is -2.13. The summed E-state index contributed by atoms with van der Waals surface area (Å²) in [5, 5.41) is 2.46. The number of rotatable bonds is 5. The van der Waals surface area contributed by atoms with Crippen molar-refractivity contribution in [1.82, 2.24) is 14.5 Å². The minimum absolute atomic E-state index is 0.00550. The predicted octanol–water partition coefficient (Wildman–Crippen LogP) is 0.789. The number of hydrogen-bond acceptors (Lipinski definition) is 5. The molecule has 136 valence electrons. The normalized spacial score (nSPS) is 21.9. The Morgan fingerprint density at radius 1 is 1.20 bits per heavy atom. The Morgan fingerprint density at radius 2 is 1.88 bits per heavy atom. The van der Waals surface area contributed by atoms with E-state index in [-0.39, 0.29) is 36.5 Å². The van der Waals surface area contributed by atoms with E-state index in [0.717, 1.165) is 4.90 Å². The molecule has 8 nitrogen and oxygen atoms in total. The number of ether oxygens (including phenoxy) is 1. The quantitative estimate of drug-likeness (QED) is 0.776. The summed E-state index contributed by atoms with van der Waals surface area (Å²) in [6, 6.07) is 5.38. The number of nitrogens with zero attached hydrogens (tertiary/aromatic N) is 2. The van der Waals surface area contributed by atoms with Gasteiger partial charge in [-0.05, 0) is 44.5 Å². The van der Waals surface area contributed by atoms with Gasteiger partial charge < -0.3 is 10.1 Å². The molecular formula is C16H21N3O5S. The fourth-order valence-corrected chi connectivity index (χ4v) is 4.55. The van der Waals surface area contributed by atoms with Crippen LogP contribution in [0.25, 0.3) is 0 Å². The molecule has 1 aromatic rings. The van der Waals surface area contributed by atoms with Gasteiger partial charge in [-0.1, -0.05) is 0 Å². The fourth-order valence-electron chi connectivity index (χ4n) is 3.06. The van der Waals surface area contributed by atoms with E-state index in [1.807, 2.05) is 13.8 Å². The molecular weight excluding hydrogens is 346 g/mol. The predicted molar refractivity (Wildman–Crippen MR) is 89.6 cm³/mol. The lowest BCUT2D eigenvalue weighted by atomic mass is 10.2. The van der Waals surface area contributed by atoms with Gasteiger partial charge >= 0.3 is 6.03 Å². The molecule has 2 saturated heterocycles. The van der Waals surface area contributed by atoms with Crippen molar-refractivity contribution in [2.75, 3.05) is 19.6 Å². The summed E-state index contributed by atoms with van der Waals surface area (Å²) in [6.07, 6.45) is 0.443. The van der Waals surface area contributed by atoms with Crippen LogP contribution in [0.5, 0.6) is 5.75 Å². The number of carbonyl (C=O) groups is 2. The van der Waals surface area contributed by atoms with Crippen LogP contribution in [-0.4, -0.2) is 61.3 Å². The molecule has 0 spiro atoms. The maximum Gasteiger partial charge on any atom is 0.324 e. The first-order chi connectivity index (χ1) is 11.8. The standard InChI is InChI=1S/C16H21N3O5S/c1-11(2)24-13-3-5-14(6-4-13)25(22,23)18-8-7-12(10-18)19-15(20)9-17-16(19)21/h3-6,11-12H,7-10H2,1-2H3,(H,17,21). The topological polar surface area (TPSA) is 96.0 Å². The molecule has 1 aromatic carbocycles. The maximum atomic E-state index is 12.8. The molecule has 2 aliphatic heterocycles. The second-order valence-corrected chi connectivity index (χ2v) is 8.30. The van der Waals surface area contributed by atoms with Crippen molar-refractivity contribution >= 4 is 22.0 Å². The minimum Gasteiger partial charge on any atom is -0.491 e. The zero-order valence-electron chi connectivity index (χ0n) is 14.1. The first-order valence-electron chi connectivity index (χ1n) is 8.16. The highest BCUT2D eigenvalue weighted by Crippen LogP contribution is 2.26. The number of benzene rings is 1. The summed E-state index contributed by atoms with van der Waals surface area (Å²) in [7, 11) is -3.67. The second kappa shape index (κ2) is 6.64. The van der Waals surface area contributed by atoms with Crippen molar-refractivity contribution in [3.8, 4) is 5.75 Å². The number of hydrogen-bond donors (Lipinski definition) is 1. The first kappa shape index (κ1) is 17.7. The fraction of sp³-hybridized carbons (Fsp3) is 0.500. The molecule has 0 aliphatic carbocycles. The maximum absolute atomic E-state index is 12.8. The van der Waals surface area contributed by atoms with Gasteiger partial charge in [-0.2, -0.15) is 4.31 Å². The molecule has 3 rings (SSSR count). The van der Waals surface area contributed by atoms with Crippen LogP contribution in [0.4, 0.5) is 4.79 Å². The monoisotopic (exact) mass is 367 g/mol. The third-order valence-corrected chi connectivity index (χ3v) is 6.08. The Bertz CT molecular complexity index is 759. The zero-order chi connectivity index (χ0) is 18.2. The summed E-state index contributed by atoms with van der Waals surface area (Å²) in [6.45, 7) is 4.15. The average Bonchev–Trinajstić information content (AvgIpc) is 3.14. The van der Waals surface area contributed by atoms with Crippen LogP contribution in [0.3, 0.4) is 0 Å². The number of amides is 3. The van der Waals surface area contributed by atoms with Crippen molar-refractivity contribution in [3.63, 3.8) is 0 Å². The van der Waals surface area contributed by atoms with Crippen LogP contribution in [0, 0.1) is 0 Å². The van der Waals surface area contributed by atoms with E-state index < -0.39 is 22.1 Å². The van der Waals surface area contributed by atoms with Crippen LogP contribution < -0.4 is 10.1 Å². The highest BCUT2D eigenvalue weighted by molar-refractivity contribution is 7.89. The van der Waals surface area contributed by atoms with Gasteiger partial charge in [0, 0.05) is 13.1 Å². The molecule has 1 atom stereocenters. The third-order valence-electron chi connectivity index (χ3n) is 4.20. The van der Waals surface area contributed by atoms with E-state index in [2.05, 4.69) is 5.32 Å². The molecule has 9 heteroatoms. The lowest BCUT2D eigenvalue weighted by Crippen LogP contribution is -2.42. The largest absolute Gasteiger partial charge is 0.491 e. The van der Waals surface area contributed by atoms with E-state index in [1.165, 1.54) is 16.4 Å². The van der Waals surface area contributed by atoms with Crippen molar-refractivity contribution < 1.29 is 22.7 Å². The Morgan fingerprint density at radius 3 is 2.44 bits per heavy atom. The molecule has 0 aromatic heterocycles. The van der Waals surface area contributed by atoms with Crippen LogP contribution in [0.15, 0.2) is 29.2 Å². The van der Waals surface area contributed by atoms with Crippen molar-refractivity contribution in [3.05, 3.63) is 24.3 Å². The Kier molecular flexibility index (Phi) is 4.70.